The molecule has 0 aromatic heterocycles. The van der Waals surface area contributed by atoms with Gasteiger partial charge >= 0.3 is 0 Å². The van der Waals surface area contributed by atoms with E-state index in [1.54, 1.807) is 37.3 Å². The molecule has 7 nitrogen and oxygen atoms in total. The summed E-state index contributed by atoms with van der Waals surface area (Å²) in [5.74, 6) is 1.39. The van der Waals surface area contributed by atoms with Gasteiger partial charge in [0.15, 0.2) is 11.5 Å². The summed E-state index contributed by atoms with van der Waals surface area (Å²) in [7, 11) is 3.12. The number of nitrogens with one attached hydrogen (secondary N) is 1. The average molecular weight is 398 g/mol. The Balaban J connectivity index is 0.00000261. The minimum Gasteiger partial charge on any atom is -0.493 e. The molecule has 2 aliphatic rings. The number of hydrogen-bond donors (Lipinski definition) is 1. The van der Waals surface area contributed by atoms with E-state index < -0.39 is 0 Å². The Morgan fingerprint density at radius 1 is 1.04 bits per heavy atom. The SMILES string of the molecule is COc1ccc(C(=O)N2CCN(C(=O)C3CCCNC3)CC2)cc1OC.Cl. The number of nitrogens with zero attached hydrogens (tertiary/aromatic N) is 2. The highest BCUT2D eigenvalue weighted by Crippen LogP contribution is 2.28. The average Bonchev–Trinajstić information content (AvgIpc) is 2.73. The van der Waals surface area contributed by atoms with Crippen molar-refractivity contribution in [2.24, 2.45) is 5.92 Å². The molecule has 1 aromatic rings. The van der Waals surface area contributed by atoms with Gasteiger partial charge in [-0.1, -0.05) is 0 Å². The molecule has 2 aliphatic heterocycles. The van der Waals surface area contributed by atoms with Crippen LogP contribution in [0.5, 0.6) is 11.5 Å². The van der Waals surface area contributed by atoms with Crippen LogP contribution in [-0.2, 0) is 4.79 Å². The van der Waals surface area contributed by atoms with Crippen LogP contribution >= 0.6 is 12.4 Å². The van der Waals surface area contributed by atoms with Crippen LogP contribution in [0.4, 0.5) is 0 Å². The van der Waals surface area contributed by atoms with Crippen LogP contribution in [0.2, 0.25) is 0 Å². The first kappa shape index (κ1) is 21.3. The van der Waals surface area contributed by atoms with Crippen molar-refractivity contribution >= 4 is 24.2 Å². The van der Waals surface area contributed by atoms with Crippen LogP contribution in [0, 0.1) is 5.92 Å². The number of rotatable bonds is 4. The van der Waals surface area contributed by atoms with Crippen molar-refractivity contribution in [1.29, 1.82) is 0 Å². The fourth-order valence-electron chi connectivity index (χ4n) is 3.60. The standard InChI is InChI=1S/C19H27N3O4.ClH/c1-25-16-6-5-14(12-17(16)26-2)18(23)21-8-10-22(11-9-21)19(24)15-4-3-7-20-13-15;/h5-6,12,15,20H,3-4,7-11,13H2,1-2H3;1H. The Bertz CT molecular complexity index is 656. The summed E-state index contributed by atoms with van der Waals surface area (Å²) >= 11 is 0. The Morgan fingerprint density at radius 2 is 1.70 bits per heavy atom. The molecule has 0 aliphatic carbocycles. The van der Waals surface area contributed by atoms with Crippen molar-refractivity contribution in [3.63, 3.8) is 0 Å². The van der Waals surface area contributed by atoms with Gasteiger partial charge in [0.25, 0.3) is 5.91 Å². The van der Waals surface area contributed by atoms with Gasteiger partial charge in [-0.2, -0.15) is 0 Å². The van der Waals surface area contributed by atoms with Crippen molar-refractivity contribution in [1.82, 2.24) is 15.1 Å². The van der Waals surface area contributed by atoms with E-state index in [1.165, 1.54) is 0 Å². The summed E-state index contributed by atoms with van der Waals surface area (Å²) in [5.41, 5.74) is 0.568. The van der Waals surface area contributed by atoms with E-state index in [0.717, 1.165) is 25.9 Å². The highest BCUT2D eigenvalue weighted by Gasteiger charge is 2.30. The minimum absolute atomic E-state index is 0. The van der Waals surface area contributed by atoms with E-state index >= 15 is 0 Å². The lowest BCUT2D eigenvalue weighted by molar-refractivity contribution is -0.137. The van der Waals surface area contributed by atoms with Crippen molar-refractivity contribution in [3.8, 4) is 11.5 Å². The van der Waals surface area contributed by atoms with Gasteiger partial charge in [0.2, 0.25) is 5.91 Å². The third kappa shape index (κ3) is 4.84. The van der Waals surface area contributed by atoms with E-state index in [-0.39, 0.29) is 30.1 Å². The number of carbonyl (C=O) groups is 2. The highest BCUT2D eigenvalue weighted by molar-refractivity contribution is 5.95. The number of hydrogen-bond acceptors (Lipinski definition) is 5. The van der Waals surface area contributed by atoms with Gasteiger partial charge < -0.3 is 24.6 Å². The molecule has 150 valence electrons. The van der Waals surface area contributed by atoms with Crippen LogP contribution in [0.15, 0.2) is 18.2 Å². The second-order valence-electron chi connectivity index (χ2n) is 6.73. The minimum atomic E-state index is -0.0441. The molecule has 27 heavy (non-hydrogen) atoms. The molecule has 2 saturated heterocycles. The van der Waals surface area contributed by atoms with Crippen molar-refractivity contribution in [3.05, 3.63) is 23.8 Å². The Hall–Kier alpha value is -1.99. The molecule has 8 heteroatoms. The van der Waals surface area contributed by atoms with Crippen LogP contribution in [0.25, 0.3) is 0 Å². The number of halogens is 1. The van der Waals surface area contributed by atoms with Crippen molar-refractivity contribution in [2.75, 3.05) is 53.5 Å². The molecule has 2 fully saturated rings. The first-order valence-electron chi connectivity index (χ1n) is 9.15. The quantitative estimate of drug-likeness (QED) is 0.831. The maximum Gasteiger partial charge on any atom is 0.254 e. The Kier molecular flexibility index (Phi) is 7.74. The van der Waals surface area contributed by atoms with Gasteiger partial charge in [0, 0.05) is 38.3 Å². The number of methoxy groups -OCH3 is 2. The summed E-state index contributed by atoms with van der Waals surface area (Å²) < 4.78 is 10.5. The molecule has 1 unspecified atom stereocenters. The predicted molar refractivity (Wildman–Crippen MR) is 105 cm³/mol. The van der Waals surface area contributed by atoms with Crippen molar-refractivity contribution < 1.29 is 19.1 Å². The van der Waals surface area contributed by atoms with E-state index in [1.807, 2.05) is 4.90 Å². The zero-order valence-electron chi connectivity index (χ0n) is 15.9. The van der Waals surface area contributed by atoms with E-state index in [0.29, 0.717) is 43.2 Å². The number of carbonyl (C=O) groups excluding carboxylic acids is 2. The number of piperazine rings is 1. The molecule has 0 bridgehead atoms. The van der Waals surface area contributed by atoms with Crippen molar-refractivity contribution in [2.45, 2.75) is 12.8 Å². The van der Waals surface area contributed by atoms with E-state index in [9.17, 15) is 9.59 Å². The smallest absolute Gasteiger partial charge is 0.254 e. The molecule has 3 rings (SSSR count). The summed E-state index contributed by atoms with van der Waals surface area (Å²) in [6.45, 7) is 4.06. The summed E-state index contributed by atoms with van der Waals surface area (Å²) in [5, 5.41) is 3.29. The normalized spacial score (nSPS) is 19.9. The molecule has 2 heterocycles. The molecule has 0 saturated carbocycles. The lowest BCUT2D eigenvalue weighted by atomic mass is 9.98. The van der Waals surface area contributed by atoms with E-state index in [4.69, 9.17) is 9.47 Å². The molecular formula is C19H28ClN3O4. The number of benzene rings is 1. The van der Waals surface area contributed by atoms with Gasteiger partial charge in [-0.3, -0.25) is 9.59 Å². The zero-order chi connectivity index (χ0) is 18.5. The van der Waals surface area contributed by atoms with Gasteiger partial charge in [-0.05, 0) is 37.6 Å². The third-order valence-corrected chi connectivity index (χ3v) is 5.16. The molecule has 1 aromatic carbocycles. The number of piperidine rings is 1. The lowest BCUT2D eigenvalue weighted by Gasteiger charge is -2.37. The summed E-state index contributed by atoms with van der Waals surface area (Å²) in [4.78, 5) is 29.1. The largest absolute Gasteiger partial charge is 0.493 e. The van der Waals surface area contributed by atoms with Gasteiger partial charge in [0.1, 0.15) is 0 Å². The van der Waals surface area contributed by atoms with Gasteiger partial charge in [-0.15, -0.1) is 12.4 Å². The Labute approximate surface area is 166 Å². The third-order valence-electron chi connectivity index (χ3n) is 5.16. The summed E-state index contributed by atoms with van der Waals surface area (Å²) in [6.07, 6.45) is 2.00. The molecule has 1 atom stereocenters. The Morgan fingerprint density at radius 3 is 2.30 bits per heavy atom. The summed E-state index contributed by atoms with van der Waals surface area (Å²) in [6, 6.07) is 5.18. The lowest BCUT2D eigenvalue weighted by Crippen LogP contribution is -2.53. The molecule has 1 N–H and O–H groups in total. The molecule has 0 radical (unpaired) electrons. The monoisotopic (exact) mass is 397 g/mol. The predicted octanol–water partition coefficient (Wildman–Crippen LogP) is 1.41. The number of amides is 2. The van der Waals surface area contributed by atoms with Crippen LogP contribution in [0.1, 0.15) is 23.2 Å². The molecular weight excluding hydrogens is 370 g/mol. The highest BCUT2D eigenvalue weighted by atomic mass is 35.5. The second-order valence-corrected chi connectivity index (χ2v) is 6.73. The topological polar surface area (TPSA) is 71.1 Å². The van der Waals surface area contributed by atoms with Crippen LogP contribution in [0.3, 0.4) is 0 Å². The maximum absolute atomic E-state index is 12.8. The van der Waals surface area contributed by atoms with E-state index in [2.05, 4.69) is 5.32 Å². The second kappa shape index (κ2) is 9.80. The fraction of sp³-hybridized carbons (Fsp3) is 0.579. The fourth-order valence-corrected chi connectivity index (χ4v) is 3.60. The maximum atomic E-state index is 12.8. The van der Waals surface area contributed by atoms with Crippen LogP contribution < -0.4 is 14.8 Å². The molecule has 2 amide bonds. The zero-order valence-corrected chi connectivity index (χ0v) is 16.7. The first-order valence-corrected chi connectivity index (χ1v) is 9.15. The first-order chi connectivity index (χ1) is 12.6. The number of ether oxygens (including phenoxy) is 2. The van der Waals surface area contributed by atoms with Crippen LogP contribution in [-0.4, -0.2) is 75.1 Å². The van der Waals surface area contributed by atoms with Gasteiger partial charge in [-0.25, -0.2) is 0 Å². The molecule has 0 spiro atoms. The van der Waals surface area contributed by atoms with Gasteiger partial charge in [0.05, 0.1) is 20.1 Å².